The summed E-state index contributed by atoms with van der Waals surface area (Å²) in [5, 5.41) is 11.8. The van der Waals surface area contributed by atoms with Gasteiger partial charge in [0.2, 0.25) is 0 Å². The molecule has 0 saturated heterocycles. The number of nitrogens with one attached hydrogen (secondary N) is 1. The Morgan fingerprint density at radius 3 is 2.48 bits per heavy atom. The van der Waals surface area contributed by atoms with Gasteiger partial charge in [-0.15, -0.1) is 0 Å². The van der Waals surface area contributed by atoms with Gasteiger partial charge in [0.05, 0.1) is 11.3 Å². The average Bonchev–Trinajstić information content (AvgIpc) is 2.48. The Morgan fingerprint density at radius 1 is 1.09 bits per heavy atom. The van der Waals surface area contributed by atoms with Gasteiger partial charge in [-0.25, -0.2) is 4.79 Å². The molecule has 6 heteroatoms. The van der Waals surface area contributed by atoms with Crippen molar-refractivity contribution >= 4 is 23.5 Å². The third-order valence-electron chi connectivity index (χ3n) is 3.01. The lowest BCUT2D eigenvalue weighted by atomic mass is 10.1. The number of benzene rings is 2. The second-order valence-electron chi connectivity index (χ2n) is 4.93. The molecule has 0 fully saturated rings. The molecule has 6 nitrogen and oxygen atoms in total. The maximum atomic E-state index is 12.3. The van der Waals surface area contributed by atoms with Crippen LogP contribution in [0.1, 0.15) is 33.2 Å². The van der Waals surface area contributed by atoms with Gasteiger partial charge in [-0.3, -0.25) is 9.59 Å². The molecule has 23 heavy (non-hydrogen) atoms. The van der Waals surface area contributed by atoms with E-state index in [9.17, 15) is 19.5 Å². The summed E-state index contributed by atoms with van der Waals surface area (Å²) in [6.45, 7) is 3.03. The predicted octanol–water partition coefficient (Wildman–Crippen LogP) is 2.87. The minimum Gasteiger partial charge on any atom is -0.478 e. The lowest BCUT2D eigenvalue weighted by molar-refractivity contribution is -0.131. The fourth-order valence-corrected chi connectivity index (χ4v) is 2.01. The van der Waals surface area contributed by atoms with Crippen LogP contribution < -0.4 is 10.1 Å². The zero-order valence-electron chi connectivity index (χ0n) is 12.6. The summed E-state index contributed by atoms with van der Waals surface area (Å²) in [6.07, 6.45) is 0. The van der Waals surface area contributed by atoms with Gasteiger partial charge in [0.15, 0.2) is 0 Å². The van der Waals surface area contributed by atoms with Gasteiger partial charge in [0, 0.05) is 12.5 Å². The molecule has 0 spiro atoms. The molecule has 0 atom stereocenters. The quantitative estimate of drug-likeness (QED) is 0.669. The van der Waals surface area contributed by atoms with Crippen molar-refractivity contribution < 1.29 is 24.2 Å². The smallest absolute Gasteiger partial charge is 0.337 e. The zero-order valence-corrected chi connectivity index (χ0v) is 12.6. The highest BCUT2D eigenvalue weighted by Crippen LogP contribution is 2.20. The van der Waals surface area contributed by atoms with E-state index in [0.29, 0.717) is 0 Å². The Balaban J connectivity index is 2.26. The van der Waals surface area contributed by atoms with E-state index in [1.54, 1.807) is 25.1 Å². The molecular weight excluding hydrogens is 298 g/mol. The largest absolute Gasteiger partial charge is 0.478 e. The van der Waals surface area contributed by atoms with Crippen LogP contribution in [0.4, 0.5) is 5.69 Å². The summed E-state index contributed by atoms with van der Waals surface area (Å²) in [7, 11) is 0. The van der Waals surface area contributed by atoms with E-state index in [1.807, 2.05) is 0 Å². The molecule has 0 aromatic heterocycles. The molecule has 2 N–H and O–H groups in total. The SMILES string of the molecule is CC(=O)Oc1cccc(C(=O)Nc2ccc(C)cc2C(=O)O)c1. The summed E-state index contributed by atoms with van der Waals surface area (Å²) >= 11 is 0. The number of amides is 1. The topological polar surface area (TPSA) is 92.7 Å². The standard InChI is InChI=1S/C17H15NO5/c1-10-6-7-15(14(8-10)17(21)22)18-16(20)12-4-3-5-13(9-12)23-11(2)19/h3-9H,1-2H3,(H,18,20)(H,21,22). The molecule has 0 aliphatic carbocycles. The number of carbonyl (C=O) groups is 3. The Hall–Kier alpha value is -3.15. The first-order valence-electron chi connectivity index (χ1n) is 6.80. The van der Waals surface area contributed by atoms with E-state index in [0.717, 1.165) is 5.56 Å². The van der Waals surface area contributed by atoms with E-state index < -0.39 is 17.8 Å². The second kappa shape index (κ2) is 6.74. The molecule has 0 heterocycles. The molecular formula is C17H15NO5. The van der Waals surface area contributed by atoms with Crippen LogP contribution in [-0.2, 0) is 4.79 Å². The summed E-state index contributed by atoms with van der Waals surface area (Å²) < 4.78 is 4.92. The minimum atomic E-state index is -1.13. The molecule has 2 aromatic carbocycles. The van der Waals surface area contributed by atoms with Crippen LogP contribution in [0.15, 0.2) is 42.5 Å². The van der Waals surface area contributed by atoms with Gasteiger partial charge in [0.25, 0.3) is 5.91 Å². The molecule has 0 saturated carbocycles. The highest BCUT2D eigenvalue weighted by molar-refractivity contribution is 6.08. The number of ether oxygens (including phenoxy) is 1. The summed E-state index contributed by atoms with van der Waals surface area (Å²) in [5.74, 6) is -1.87. The zero-order chi connectivity index (χ0) is 17.0. The van der Waals surface area contributed by atoms with Gasteiger partial charge in [-0.05, 0) is 37.3 Å². The van der Waals surface area contributed by atoms with Crippen LogP contribution >= 0.6 is 0 Å². The third-order valence-corrected chi connectivity index (χ3v) is 3.01. The molecule has 1 amide bonds. The van der Waals surface area contributed by atoms with Crippen LogP contribution in [0.3, 0.4) is 0 Å². The normalized spacial score (nSPS) is 10.0. The lowest BCUT2D eigenvalue weighted by Crippen LogP contribution is -2.15. The van der Waals surface area contributed by atoms with Gasteiger partial charge in [0.1, 0.15) is 5.75 Å². The van der Waals surface area contributed by atoms with Crippen molar-refractivity contribution in [1.29, 1.82) is 0 Å². The average molecular weight is 313 g/mol. The molecule has 118 valence electrons. The maximum Gasteiger partial charge on any atom is 0.337 e. The van der Waals surface area contributed by atoms with Gasteiger partial charge in [-0.2, -0.15) is 0 Å². The molecule has 0 bridgehead atoms. The Labute approximate surface area is 132 Å². The van der Waals surface area contributed by atoms with Gasteiger partial charge < -0.3 is 15.2 Å². The second-order valence-corrected chi connectivity index (χ2v) is 4.93. The number of carboxylic acids is 1. The Kier molecular flexibility index (Phi) is 4.75. The summed E-state index contributed by atoms with van der Waals surface area (Å²) in [5.41, 5.74) is 1.23. The van der Waals surface area contributed by atoms with Crippen molar-refractivity contribution in [3.8, 4) is 5.75 Å². The van der Waals surface area contributed by atoms with E-state index >= 15 is 0 Å². The van der Waals surface area contributed by atoms with Crippen molar-refractivity contribution in [2.45, 2.75) is 13.8 Å². The number of hydrogen-bond donors (Lipinski definition) is 2. The van der Waals surface area contributed by atoms with Gasteiger partial charge in [-0.1, -0.05) is 17.7 Å². The number of aromatic carboxylic acids is 1. The van der Waals surface area contributed by atoms with Crippen LogP contribution in [0.25, 0.3) is 0 Å². The van der Waals surface area contributed by atoms with E-state index in [2.05, 4.69) is 5.32 Å². The fourth-order valence-electron chi connectivity index (χ4n) is 2.01. The number of anilines is 1. The number of aryl methyl sites for hydroxylation is 1. The molecule has 2 aromatic rings. The molecule has 0 unspecified atom stereocenters. The summed E-state index contributed by atoms with van der Waals surface area (Å²) in [4.78, 5) is 34.5. The predicted molar refractivity (Wildman–Crippen MR) is 83.8 cm³/mol. The van der Waals surface area contributed by atoms with Gasteiger partial charge >= 0.3 is 11.9 Å². The van der Waals surface area contributed by atoms with Crippen molar-refractivity contribution in [1.82, 2.24) is 0 Å². The number of rotatable bonds is 4. The number of carboxylic acid groups (broad SMARTS) is 1. The van der Waals surface area contributed by atoms with Crippen LogP contribution in [0, 0.1) is 6.92 Å². The number of esters is 1. The monoisotopic (exact) mass is 313 g/mol. The Morgan fingerprint density at radius 2 is 1.83 bits per heavy atom. The summed E-state index contributed by atoms with van der Waals surface area (Å²) in [6, 6.07) is 10.8. The molecule has 0 aliphatic heterocycles. The Bertz CT molecular complexity index is 782. The highest BCUT2D eigenvalue weighted by Gasteiger charge is 2.14. The van der Waals surface area contributed by atoms with Crippen LogP contribution in [0.5, 0.6) is 5.75 Å². The first-order chi connectivity index (χ1) is 10.9. The van der Waals surface area contributed by atoms with Crippen molar-refractivity contribution in [2.75, 3.05) is 5.32 Å². The van der Waals surface area contributed by atoms with Crippen molar-refractivity contribution in [3.05, 3.63) is 59.2 Å². The maximum absolute atomic E-state index is 12.3. The first kappa shape index (κ1) is 16.2. The number of hydrogen-bond acceptors (Lipinski definition) is 4. The lowest BCUT2D eigenvalue weighted by Gasteiger charge is -2.10. The third kappa shape index (κ3) is 4.16. The van der Waals surface area contributed by atoms with Crippen LogP contribution in [-0.4, -0.2) is 23.0 Å². The fraction of sp³-hybridized carbons (Fsp3) is 0.118. The van der Waals surface area contributed by atoms with Crippen LogP contribution in [0.2, 0.25) is 0 Å². The van der Waals surface area contributed by atoms with Crippen molar-refractivity contribution in [3.63, 3.8) is 0 Å². The van der Waals surface area contributed by atoms with E-state index in [-0.39, 0.29) is 22.6 Å². The number of carbonyl (C=O) groups excluding carboxylic acids is 2. The molecule has 2 rings (SSSR count). The highest BCUT2D eigenvalue weighted by atomic mass is 16.5. The molecule has 0 radical (unpaired) electrons. The molecule has 0 aliphatic rings. The van der Waals surface area contributed by atoms with Crippen molar-refractivity contribution in [2.24, 2.45) is 0 Å². The first-order valence-corrected chi connectivity index (χ1v) is 6.80. The minimum absolute atomic E-state index is 0.00879. The van der Waals surface area contributed by atoms with E-state index in [4.69, 9.17) is 4.74 Å². The van der Waals surface area contributed by atoms with E-state index in [1.165, 1.54) is 31.2 Å².